The number of Topliss-reactive ketones (excluding diaryl/α,β-unsaturated/α-hetero) is 1. The molecule has 4 aliphatic rings. The maximum absolute atomic E-state index is 14.4. The zero-order valence-electron chi connectivity index (χ0n) is 30.0. The Morgan fingerprint density at radius 1 is 1.15 bits per heavy atom. The van der Waals surface area contributed by atoms with Gasteiger partial charge in [-0.15, -0.1) is 6.58 Å². The van der Waals surface area contributed by atoms with E-state index in [1.165, 1.54) is 30.0 Å². The van der Waals surface area contributed by atoms with Gasteiger partial charge in [-0.3, -0.25) is 28.8 Å². The normalized spacial score (nSPS) is 23.8. The monoisotopic (exact) mass is 757 g/mol. The number of sulfonamides is 1. The minimum atomic E-state index is -3.97. The largest absolute Gasteiger partial charge is 0.444 e. The molecule has 17 heteroatoms. The first-order valence-corrected chi connectivity index (χ1v) is 18.9. The molecular formula is C36H44FN5O10S. The van der Waals surface area contributed by atoms with Crippen LogP contribution in [0, 0.1) is 23.6 Å². The second-order valence-electron chi connectivity index (χ2n) is 14.7. The number of rotatable bonds is 12. The van der Waals surface area contributed by atoms with Gasteiger partial charge in [-0.2, -0.15) is 0 Å². The summed E-state index contributed by atoms with van der Waals surface area (Å²) in [5.41, 5.74) is -1.66. The number of nitrogens with zero attached hydrogens (tertiary/aromatic N) is 2. The van der Waals surface area contributed by atoms with Crippen LogP contribution in [0.1, 0.15) is 77.3 Å². The average Bonchev–Trinajstić information content (AvgIpc) is 3.96. The molecule has 2 aliphatic heterocycles. The first-order valence-electron chi connectivity index (χ1n) is 17.4. The molecule has 5 rings (SSSR count). The Kier molecular flexibility index (Phi) is 11.2. The number of hydrogen-bond donors (Lipinski definition) is 3. The number of ether oxygens (including phenoxy) is 2. The van der Waals surface area contributed by atoms with Crippen molar-refractivity contribution in [3.05, 3.63) is 47.8 Å². The number of nitrogens with one attached hydrogen (secondary N) is 3. The Bertz CT molecular complexity index is 1880. The van der Waals surface area contributed by atoms with Crippen molar-refractivity contribution in [2.75, 3.05) is 6.54 Å². The molecule has 1 aromatic rings. The topological polar surface area (TPSA) is 198 Å². The third-order valence-corrected chi connectivity index (χ3v) is 11.3. The van der Waals surface area contributed by atoms with E-state index in [0.29, 0.717) is 24.0 Å². The summed E-state index contributed by atoms with van der Waals surface area (Å²) in [4.78, 5) is 82.6. The van der Waals surface area contributed by atoms with Crippen LogP contribution in [-0.4, -0.2) is 95.0 Å². The predicted molar refractivity (Wildman–Crippen MR) is 186 cm³/mol. The van der Waals surface area contributed by atoms with Crippen molar-refractivity contribution < 1.29 is 51.0 Å². The number of fused-ring (bicyclic) bond motifs is 1. The van der Waals surface area contributed by atoms with Gasteiger partial charge in [-0.05, 0) is 70.9 Å². The zero-order chi connectivity index (χ0) is 38.9. The fraction of sp³-hybridized carbons (Fsp3) is 0.556. The van der Waals surface area contributed by atoms with Crippen molar-refractivity contribution in [2.45, 2.75) is 114 Å². The molecule has 15 nitrogen and oxygen atoms in total. The number of halogens is 1. The number of carbonyl (C=O) groups is 6. The lowest BCUT2D eigenvalue weighted by Gasteiger charge is -2.30. The van der Waals surface area contributed by atoms with Gasteiger partial charge >= 0.3 is 12.2 Å². The van der Waals surface area contributed by atoms with Crippen LogP contribution < -0.4 is 15.4 Å². The third-order valence-electron chi connectivity index (χ3n) is 9.46. The first-order chi connectivity index (χ1) is 24.9. The molecule has 0 aromatic heterocycles. The molecule has 5 atom stereocenters. The maximum Gasteiger partial charge on any atom is 0.410 e. The Labute approximate surface area is 307 Å². The van der Waals surface area contributed by atoms with Crippen LogP contribution in [0.3, 0.4) is 0 Å². The molecule has 5 amide bonds. The van der Waals surface area contributed by atoms with Crippen molar-refractivity contribution in [3.63, 3.8) is 0 Å². The molecule has 0 radical (unpaired) electrons. The van der Waals surface area contributed by atoms with E-state index in [1.807, 2.05) is 0 Å². The van der Waals surface area contributed by atoms with Crippen LogP contribution in [0.25, 0.3) is 0 Å². The van der Waals surface area contributed by atoms with Crippen LogP contribution in [-0.2, 0) is 51.8 Å². The van der Waals surface area contributed by atoms with Crippen LogP contribution in [0.15, 0.2) is 30.9 Å². The SMILES string of the molecule is C=C[C@@H]1C[C@]1(NC(=O)C1C[C@@H](OC(=O)N2Cc3cccc(F)c3C2)CN1C(=O)[C@H](CCC(=O)C#CC)NC(=O)OC(C)(C)C)C(=O)NS(=O)(=O)C1CC1. The second-order valence-corrected chi connectivity index (χ2v) is 16.7. The Morgan fingerprint density at radius 3 is 2.47 bits per heavy atom. The number of carbonyl (C=O) groups excluding carboxylic acids is 6. The van der Waals surface area contributed by atoms with Gasteiger partial charge in [0.25, 0.3) is 5.91 Å². The van der Waals surface area contributed by atoms with Crippen LogP contribution >= 0.6 is 0 Å². The maximum atomic E-state index is 14.4. The fourth-order valence-electron chi connectivity index (χ4n) is 6.51. The van der Waals surface area contributed by atoms with E-state index in [-0.39, 0.29) is 45.3 Å². The van der Waals surface area contributed by atoms with Crippen LogP contribution in [0.5, 0.6) is 0 Å². The summed E-state index contributed by atoms with van der Waals surface area (Å²) in [6.07, 6.45) is -1.28. The van der Waals surface area contributed by atoms with Gasteiger partial charge in [-0.1, -0.05) is 24.1 Å². The van der Waals surface area contributed by atoms with E-state index < -0.39 is 92.0 Å². The summed E-state index contributed by atoms with van der Waals surface area (Å²) >= 11 is 0. The van der Waals surface area contributed by atoms with Gasteiger partial charge in [0.15, 0.2) is 0 Å². The molecule has 1 unspecified atom stereocenters. The summed E-state index contributed by atoms with van der Waals surface area (Å²) in [5.74, 6) is 0.666. The Balaban J connectivity index is 1.39. The molecule has 2 aliphatic carbocycles. The standard InChI is InChI=1S/C36H44FN5O10S/c1-6-9-23(43)12-15-28(38-33(47)52-35(3,4)5)31(45)42-19-24(51-34(48)41-18-21-10-8-11-27(37)26(21)20-41)16-29(42)30(44)39-36(17-22(36)7-2)32(46)40-53(49,50)25-13-14-25/h7-8,10-11,22,24-25,28-29H,2,12-20H2,1,3-5H3,(H,38,47)(H,39,44)(H,40,46)/t22-,24-,28+,29?,36-/m1/s1. The van der Waals surface area contributed by atoms with E-state index in [1.54, 1.807) is 26.8 Å². The number of hydrogen-bond acceptors (Lipinski definition) is 10. The molecule has 3 fully saturated rings. The smallest absolute Gasteiger partial charge is 0.410 e. The highest BCUT2D eigenvalue weighted by Crippen LogP contribution is 2.45. The number of likely N-dealkylation sites (tertiary alicyclic amines) is 1. The van der Waals surface area contributed by atoms with E-state index in [0.717, 1.165) is 4.90 Å². The molecule has 286 valence electrons. The third kappa shape index (κ3) is 9.16. The van der Waals surface area contributed by atoms with E-state index >= 15 is 0 Å². The highest BCUT2D eigenvalue weighted by atomic mass is 32.2. The summed E-state index contributed by atoms with van der Waals surface area (Å²) in [6, 6.07) is 1.73. The summed E-state index contributed by atoms with van der Waals surface area (Å²) in [6.45, 7) is 9.72. The van der Waals surface area contributed by atoms with Crippen molar-refractivity contribution >= 4 is 45.7 Å². The summed E-state index contributed by atoms with van der Waals surface area (Å²) < 4.78 is 52.8. The first kappa shape index (κ1) is 39.2. The molecule has 1 saturated heterocycles. The zero-order valence-corrected chi connectivity index (χ0v) is 30.8. The van der Waals surface area contributed by atoms with Gasteiger partial charge in [0.2, 0.25) is 27.6 Å². The molecule has 53 heavy (non-hydrogen) atoms. The van der Waals surface area contributed by atoms with E-state index in [9.17, 15) is 41.6 Å². The highest BCUT2D eigenvalue weighted by molar-refractivity contribution is 7.91. The van der Waals surface area contributed by atoms with Crippen molar-refractivity contribution in [2.24, 2.45) is 5.92 Å². The Morgan fingerprint density at radius 2 is 1.87 bits per heavy atom. The van der Waals surface area contributed by atoms with Crippen molar-refractivity contribution in [3.8, 4) is 11.8 Å². The Hall–Kier alpha value is -4.98. The fourth-order valence-corrected chi connectivity index (χ4v) is 7.87. The number of amides is 5. The molecular weight excluding hydrogens is 713 g/mol. The van der Waals surface area contributed by atoms with Gasteiger partial charge in [-0.25, -0.2) is 22.4 Å². The summed E-state index contributed by atoms with van der Waals surface area (Å²) in [7, 11) is -3.97. The predicted octanol–water partition coefficient (Wildman–Crippen LogP) is 2.18. The van der Waals surface area contributed by atoms with E-state index in [2.05, 4.69) is 33.8 Å². The average molecular weight is 758 g/mol. The van der Waals surface area contributed by atoms with Gasteiger partial charge in [0.05, 0.1) is 18.3 Å². The molecule has 2 saturated carbocycles. The van der Waals surface area contributed by atoms with Crippen LogP contribution in [0.2, 0.25) is 0 Å². The van der Waals surface area contributed by atoms with E-state index in [4.69, 9.17) is 9.47 Å². The van der Waals surface area contributed by atoms with Crippen LogP contribution in [0.4, 0.5) is 14.0 Å². The van der Waals surface area contributed by atoms with Crippen molar-refractivity contribution in [1.82, 2.24) is 25.2 Å². The quantitative estimate of drug-likeness (QED) is 0.162. The van der Waals surface area contributed by atoms with Crippen molar-refractivity contribution in [1.29, 1.82) is 0 Å². The molecule has 3 N–H and O–H groups in total. The van der Waals surface area contributed by atoms with Gasteiger partial charge in [0.1, 0.15) is 35.1 Å². The minimum absolute atomic E-state index is 0.0445. The number of ketones is 1. The minimum Gasteiger partial charge on any atom is -0.444 e. The number of benzene rings is 1. The van der Waals surface area contributed by atoms with Gasteiger partial charge < -0.3 is 25.0 Å². The summed E-state index contributed by atoms with van der Waals surface area (Å²) in [5, 5.41) is 4.42. The molecule has 2 heterocycles. The lowest BCUT2D eigenvalue weighted by atomic mass is 10.1. The number of alkyl carbamates (subject to hydrolysis) is 1. The lowest BCUT2D eigenvalue weighted by Crippen LogP contribution is -2.58. The molecule has 0 bridgehead atoms. The molecule has 0 spiro atoms. The van der Waals surface area contributed by atoms with Gasteiger partial charge in [0, 0.05) is 30.9 Å². The second kappa shape index (κ2) is 15.2. The lowest BCUT2D eigenvalue weighted by molar-refractivity contribution is -0.141. The molecule has 1 aromatic carbocycles. The highest BCUT2D eigenvalue weighted by Gasteiger charge is 2.62.